The van der Waals surface area contributed by atoms with Crippen LogP contribution in [0.4, 0.5) is 0 Å². The highest BCUT2D eigenvalue weighted by atomic mass is 16.2. The number of carbonyl (C=O) groups excluding carboxylic acids is 2. The molecule has 2 aromatic carbocycles. The summed E-state index contributed by atoms with van der Waals surface area (Å²) in [5, 5.41) is 3.04. The van der Waals surface area contributed by atoms with Crippen LogP contribution in [0.25, 0.3) is 6.08 Å². The van der Waals surface area contributed by atoms with Crippen LogP contribution in [0.1, 0.15) is 39.9 Å². The maximum atomic E-state index is 12.7. The van der Waals surface area contributed by atoms with E-state index in [9.17, 15) is 9.59 Å². The van der Waals surface area contributed by atoms with Gasteiger partial charge in [0.25, 0.3) is 5.91 Å². The van der Waals surface area contributed by atoms with Gasteiger partial charge in [-0.3, -0.25) is 9.59 Å². The first kappa shape index (κ1) is 18.9. The van der Waals surface area contributed by atoms with Crippen molar-refractivity contribution in [2.24, 2.45) is 0 Å². The van der Waals surface area contributed by atoms with Crippen LogP contribution in [0, 0.1) is 13.8 Å². The van der Waals surface area contributed by atoms with Gasteiger partial charge >= 0.3 is 0 Å². The predicted octanol–water partition coefficient (Wildman–Crippen LogP) is 3.74. The lowest BCUT2D eigenvalue weighted by Crippen LogP contribution is -2.46. The van der Waals surface area contributed by atoms with Gasteiger partial charge in [0.15, 0.2) is 0 Å². The fourth-order valence-corrected chi connectivity index (χ4v) is 3.27. The maximum absolute atomic E-state index is 12.7. The largest absolute Gasteiger partial charge is 0.350 e. The number of nitrogens with one attached hydrogen (secondary N) is 1. The first-order valence-electron chi connectivity index (χ1n) is 9.43. The molecule has 1 N–H and O–H groups in total. The Morgan fingerprint density at radius 2 is 1.70 bits per heavy atom. The quantitative estimate of drug-likeness (QED) is 0.843. The second-order valence-corrected chi connectivity index (χ2v) is 7.12. The molecule has 1 saturated heterocycles. The van der Waals surface area contributed by atoms with E-state index >= 15 is 0 Å². The maximum Gasteiger partial charge on any atom is 0.253 e. The fourth-order valence-electron chi connectivity index (χ4n) is 3.27. The fraction of sp³-hybridized carbons (Fsp3) is 0.304. The summed E-state index contributed by atoms with van der Waals surface area (Å²) in [7, 11) is 0. The molecule has 0 saturated carbocycles. The van der Waals surface area contributed by atoms with E-state index in [2.05, 4.69) is 5.32 Å². The lowest BCUT2D eigenvalue weighted by molar-refractivity contribution is -0.117. The standard InChI is InChI=1S/C23H26N2O2/c1-17-8-10-20(16-18(17)2)23(27)25-14-12-21(13-15-25)24-22(26)11-9-19-6-4-3-5-7-19/h3-11,16,21H,12-15H2,1-2H3,(H,24,26)/b11-9+. The van der Waals surface area contributed by atoms with Gasteiger partial charge in [-0.1, -0.05) is 36.4 Å². The minimum atomic E-state index is -0.0854. The molecule has 0 unspecified atom stereocenters. The Hall–Kier alpha value is -2.88. The highest BCUT2D eigenvalue weighted by Gasteiger charge is 2.24. The van der Waals surface area contributed by atoms with E-state index in [1.165, 1.54) is 5.56 Å². The van der Waals surface area contributed by atoms with E-state index in [4.69, 9.17) is 0 Å². The van der Waals surface area contributed by atoms with Crippen molar-refractivity contribution in [3.8, 4) is 0 Å². The number of rotatable bonds is 4. The average Bonchev–Trinajstić information content (AvgIpc) is 2.69. The summed E-state index contributed by atoms with van der Waals surface area (Å²) in [5.74, 6) is -0.00959. The number of nitrogens with zero attached hydrogens (tertiary/aromatic N) is 1. The van der Waals surface area contributed by atoms with E-state index in [1.807, 2.05) is 73.4 Å². The van der Waals surface area contributed by atoms with E-state index in [1.54, 1.807) is 6.08 Å². The van der Waals surface area contributed by atoms with Crippen LogP contribution < -0.4 is 5.32 Å². The van der Waals surface area contributed by atoms with E-state index in [-0.39, 0.29) is 17.9 Å². The van der Waals surface area contributed by atoms with Crippen molar-refractivity contribution < 1.29 is 9.59 Å². The first-order valence-corrected chi connectivity index (χ1v) is 9.43. The molecule has 3 rings (SSSR count). The molecule has 4 heteroatoms. The Morgan fingerprint density at radius 3 is 2.37 bits per heavy atom. The molecule has 0 aliphatic carbocycles. The van der Waals surface area contributed by atoms with Gasteiger partial charge in [-0.05, 0) is 61.6 Å². The molecule has 4 nitrogen and oxygen atoms in total. The van der Waals surface area contributed by atoms with Crippen LogP contribution in [0.3, 0.4) is 0 Å². The van der Waals surface area contributed by atoms with Gasteiger partial charge in [0, 0.05) is 30.8 Å². The molecule has 1 heterocycles. The molecule has 2 amide bonds. The van der Waals surface area contributed by atoms with E-state index < -0.39 is 0 Å². The highest BCUT2D eigenvalue weighted by molar-refractivity contribution is 5.94. The number of carbonyl (C=O) groups is 2. The van der Waals surface area contributed by atoms with Crippen LogP contribution in [-0.4, -0.2) is 35.8 Å². The Labute approximate surface area is 160 Å². The lowest BCUT2D eigenvalue weighted by Gasteiger charge is -2.32. The molecule has 1 fully saturated rings. The van der Waals surface area contributed by atoms with Crippen molar-refractivity contribution >= 4 is 17.9 Å². The second-order valence-electron chi connectivity index (χ2n) is 7.12. The van der Waals surface area contributed by atoms with Crippen LogP contribution in [0.15, 0.2) is 54.6 Å². The summed E-state index contributed by atoms with van der Waals surface area (Å²) in [6.07, 6.45) is 4.94. The van der Waals surface area contributed by atoms with Gasteiger partial charge in [0.05, 0.1) is 0 Å². The number of amides is 2. The van der Waals surface area contributed by atoms with Crippen LogP contribution in [0.2, 0.25) is 0 Å². The van der Waals surface area contributed by atoms with Crippen molar-refractivity contribution in [1.82, 2.24) is 10.2 Å². The molecule has 1 aliphatic rings. The molecule has 0 spiro atoms. The minimum absolute atomic E-state index is 0.0758. The molecule has 0 atom stereocenters. The van der Waals surface area contributed by atoms with Crippen molar-refractivity contribution in [2.45, 2.75) is 32.7 Å². The van der Waals surface area contributed by atoms with Crippen LogP contribution in [0.5, 0.6) is 0 Å². The Morgan fingerprint density at radius 1 is 1.00 bits per heavy atom. The topological polar surface area (TPSA) is 49.4 Å². The highest BCUT2D eigenvalue weighted by Crippen LogP contribution is 2.16. The number of benzene rings is 2. The normalized spacial score (nSPS) is 15.1. The molecule has 140 valence electrons. The van der Waals surface area contributed by atoms with Gasteiger partial charge in [0.1, 0.15) is 0 Å². The number of hydrogen-bond acceptors (Lipinski definition) is 2. The Kier molecular flexibility index (Phi) is 6.07. The summed E-state index contributed by atoms with van der Waals surface area (Å²) in [4.78, 5) is 26.7. The number of likely N-dealkylation sites (tertiary alicyclic amines) is 1. The molecule has 1 aliphatic heterocycles. The van der Waals surface area contributed by atoms with Gasteiger partial charge < -0.3 is 10.2 Å². The third kappa shape index (κ3) is 5.07. The lowest BCUT2D eigenvalue weighted by atomic mass is 10.0. The van der Waals surface area contributed by atoms with E-state index in [0.29, 0.717) is 13.1 Å². The second kappa shape index (κ2) is 8.67. The van der Waals surface area contributed by atoms with Gasteiger partial charge in [-0.25, -0.2) is 0 Å². The zero-order valence-electron chi connectivity index (χ0n) is 15.9. The predicted molar refractivity (Wildman–Crippen MR) is 108 cm³/mol. The third-order valence-electron chi connectivity index (χ3n) is 5.11. The summed E-state index contributed by atoms with van der Waals surface area (Å²) in [6, 6.07) is 15.7. The van der Waals surface area contributed by atoms with Crippen LogP contribution >= 0.6 is 0 Å². The summed E-state index contributed by atoms with van der Waals surface area (Å²) >= 11 is 0. The molecular formula is C23H26N2O2. The molecule has 0 bridgehead atoms. The van der Waals surface area contributed by atoms with Crippen LogP contribution in [-0.2, 0) is 4.79 Å². The Bertz CT molecular complexity index is 835. The number of piperidine rings is 1. The smallest absolute Gasteiger partial charge is 0.253 e. The molecule has 0 radical (unpaired) electrons. The Balaban J connectivity index is 1.49. The first-order chi connectivity index (χ1) is 13.0. The average molecular weight is 362 g/mol. The van der Waals surface area contributed by atoms with Gasteiger partial charge in [-0.15, -0.1) is 0 Å². The van der Waals surface area contributed by atoms with Gasteiger partial charge in [0.2, 0.25) is 5.91 Å². The molecule has 0 aromatic heterocycles. The minimum Gasteiger partial charge on any atom is -0.350 e. The van der Waals surface area contributed by atoms with Crippen molar-refractivity contribution in [3.05, 3.63) is 76.9 Å². The third-order valence-corrected chi connectivity index (χ3v) is 5.11. The summed E-state index contributed by atoms with van der Waals surface area (Å²) < 4.78 is 0. The molecule has 2 aromatic rings. The zero-order chi connectivity index (χ0) is 19.2. The molecular weight excluding hydrogens is 336 g/mol. The van der Waals surface area contributed by atoms with Gasteiger partial charge in [-0.2, -0.15) is 0 Å². The van der Waals surface area contributed by atoms with Crippen molar-refractivity contribution in [2.75, 3.05) is 13.1 Å². The van der Waals surface area contributed by atoms with Crippen molar-refractivity contribution in [3.63, 3.8) is 0 Å². The van der Waals surface area contributed by atoms with E-state index in [0.717, 1.165) is 29.5 Å². The van der Waals surface area contributed by atoms with Crippen molar-refractivity contribution in [1.29, 1.82) is 0 Å². The SMILES string of the molecule is Cc1ccc(C(=O)N2CCC(NC(=O)/C=C/c3ccccc3)CC2)cc1C. The monoisotopic (exact) mass is 362 g/mol. The number of hydrogen-bond donors (Lipinski definition) is 1. The summed E-state index contributed by atoms with van der Waals surface area (Å²) in [6.45, 7) is 5.40. The molecule has 27 heavy (non-hydrogen) atoms. The summed E-state index contributed by atoms with van der Waals surface area (Å²) in [5.41, 5.74) is 4.07. The number of aryl methyl sites for hydroxylation is 2. The zero-order valence-corrected chi connectivity index (χ0v) is 15.9.